The van der Waals surface area contributed by atoms with Crippen molar-refractivity contribution in [3.63, 3.8) is 0 Å². The van der Waals surface area contributed by atoms with E-state index in [-0.39, 0.29) is 5.78 Å². The van der Waals surface area contributed by atoms with E-state index in [0.717, 1.165) is 38.7 Å². The molecule has 0 amide bonds. The molecule has 2 aromatic carbocycles. The van der Waals surface area contributed by atoms with Gasteiger partial charge in [-0.25, -0.2) is 0 Å². The summed E-state index contributed by atoms with van der Waals surface area (Å²) >= 11 is 1.48. The number of hydrogen-bond donors (Lipinski definition) is 1. The molecule has 1 N–H and O–H groups in total. The first-order valence-electron chi connectivity index (χ1n) is 9.46. The lowest BCUT2D eigenvalue weighted by Gasteiger charge is -2.07. The topological polar surface area (TPSA) is 63.6 Å². The standard InChI is InChI=1S/C22H20N4OS/c1-14-24-25-22(26(14)16-11-12-16)28-13-19(27)20-17-9-5-6-10-18(17)23-21(20)15-7-3-2-4-8-15/h2-10,16,23H,11-13H2,1H3. The van der Waals surface area contributed by atoms with Gasteiger partial charge >= 0.3 is 0 Å². The van der Waals surface area contributed by atoms with E-state index in [1.54, 1.807) is 0 Å². The fourth-order valence-corrected chi connectivity index (χ4v) is 4.58. The van der Waals surface area contributed by atoms with Crippen molar-refractivity contribution in [3.8, 4) is 11.3 Å². The molecular weight excluding hydrogens is 368 g/mol. The summed E-state index contributed by atoms with van der Waals surface area (Å²) in [6.07, 6.45) is 2.34. The van der Waals surface area contributed by atoms with Crippen molar-refractivity contribution in [3.05, 3.63) is 66.0 Å². The highest BCUT2D eigenvalue weighted by Crippen LogP contribution is 2.39. The van der Waals surface area contributed by atoms with Gasteiger partial charge in [-0.1, -0.05) is 60.3 Å². The molecule has 1 aliphatic carbocycles. The highest BCUT2D eigenvalue weighted by atomic mass is 32.2. The van der Waals surface area contributed by atoms with Gasteiger partial charge in [-0.15, -0.1) is 10.2 Å². The van der Waals surface area contributed by atoms with E-state index in [0.29, 0.717) is 11.8 Å². The van der Waals surface area contributed by atoms with E-state index in [1.807, 2.05) is 61.5 Å². The van der Waals surface area contributed by atoms with Crippen LogP contribution in [-0.4, -0.2) is 31.3 Å². The van der Waals surface area contributed by atoms with Gasteiger partial charge < -0.3 is 9.55 Å². The maximum absolute atomic E-state index is 13.3. The molecule has 0 aliphatic heterocycles. The van der Waals surface area contributed by atoms with E-state index < -0.39 is 0 Å². The Balaban J connectivity index is 1.49. The lowest BCUT2D eigenvalue weighted by atomic mass is 10.0. The number of nitrogens with one attached hydrogen (secondary N) is 1. The van der Waals surface area contributed by atoms with Gasteiger partial charge in [0.2, 0.25) is 0 Å². The van der Waals surface area contributed by atoms with E-state index >= 15 is 0 Å². The molecule has 5 rings (SSSR count). The number of aromatic amines is 1. The van der Waals surface area contributed by atoms with Crippen LogP contribution in [0.3, 0.4) is 0 Å². The van der Waals surface area contributed by atoms with Gasteiger partial charge in [0.1, 0.15) is 5.82 Å². The number of ketones is 1. The number of aromatic nitrogens is 4. The first-order chi connectivity index (χ1) is 13.7. The largest absolute Gasteiger partial charge is 0.354 e. The van der Waals surface area contributed by atoms with Gasteiger partial charge in [0.15, 0.2) is 10.9 Å². The van der Waals surface area contributed by atoms with Crippen molar-refractivity contribution in [1.29, 1.82) is 0 Å². The molecule has 1 saturated carbocycles. The summed E-state index contributed by atoms with van der Waals surface area (Å²) in [6, 6.07) is 18.5. The molecule has 0 bridgehead atoms. The second kappa shape index (κ2) is 6.95. The first kappa shape index (κ1) is 17.3. The van der Waals surface area contributed by atoms with Crippen LogP contribution in [0, 0.1) is 6.92 Å². The molecule has 2 heterocycles. The average Bonchev–Trinajstić information content (AvgIpc) is 3.38. The molecule has 0 atom stereocenters. The summed E-state index contributed by atoms with van der Waals surface area (Å²) in [4.78, 5) is 16.7. The Morgan fingerprint density at radius 1 is 1.11 bits per heavy atom. The van der Waals surface area contributed by atoms with Crippen molar-refractivity contribution < 1.29 is 4.79 Å². The Kier molecular flexibility index (Phi) is 4.28. The van der Waals surface area contributed by atoms with E-state index in [2.05, 4.69) is 19.7 Å². The number of carbonyl (C=O) groups is 1. The van der Waals surface area contributed by atoms with Crippen LogP contribution in [0.2, 0.25) is 0 Å². The van der Waals surface area contributed by atoms with Gasteiger partial charge in [0.05, 0.1) is 17.0 Å². The summed E-state index contributed by atoms with van der Waals surface area (Å²) in [6.45, 7) is 1.98. The maximum atomic E-state index is 13.3. The number of para-hydroxylation sites is 1. The summed E-state index contributed by atoms with van der Waals surface area (Å²) in [5.74, 6) is 1.37. The van der Waals surface area contributed by atoms with E-state index in [1.165, 1.54) is 24.6 Å². The highest BCUT2D eigenvalue weighted by Gasteiger charge is 2.29. The molecule has 5 nitrogen and oxygen atoms in total. The summed E-state index contributed by atoms with van der Waals surface area (Å²) in [7, 11) is 0. The first-order valence-corrected chi connectivity index (χ1v) is 10.4. The lowest BCUT2D eigenvalue weighted by molar-refractivity contribution is 0.102. The minimum Gasteiger partial charge on any atom is -0.354 e. The van der Waals surface area contributed by atoms with Crippen LogP contribution in [0.1, 0.15) is 35.1 Å². The number of nitrogens with zero attached hydrogens (tertiary/aromatic N) is 3. The van der Waals surface area contributed by atoms with Crippen molar-refractivity contribution in [2.45, 2.75) is 31.0 Å². The molecule has 4 aromatic rings. The quantitative estimate of drug-likeness (QED) is 0.371. The fraction of sp³-hybridized carbons (Fsp3) is 0.227. The number of aryl methyl sites for hydroxylation is 1. The molecule has 140 valence electrons. The zero-order valence-corrected chi connectivity index (χ0v) is 16.4. The Morgan fingerprint density at radius 3 is 2.64 bits per heavy atom. The van der Waals surface area contributed by atoms with Crippen LogP contribution >= 0.6 is 11.8 Å². The smallest absolute Gasteiger partial charge is 0.191 e. The molecule has 1 fully saturated rings. The number of fused-ring (bicyclic) bond motifs is 1. The molecule has 0 spiro atoms. The van der Waals surface area contributed by atoms with Gasteiger partial charge in [-0.05, 0) is 31.4 Å². The zero-order chi connectivity index (χ0) is 19.1. The highest BCUT2D eigenvalue weighted by molar-refractivity contribution is 7.99. The number of H-pyrrole nitrogens is 1. The van der Waals surface area contributed by atoms with Crippen LogP contribution in [0.25, 0.3) is 22.2 Å². The predicted octanol–water partition coefficient (Wildman–Crippen LogP) is 5.04. The van der Waals surface area contributed by atoms with E-state index in [4.69, 9.17) is 0 Å². The van der Waals surface area contributed by atoms with Crippen molar-refractivity contribution in [2.75, 3.05) is 5.75 Å². The Labute approximate surface area is 167 Å². The van der Waals surface area contributed by atoms with Crippen molar-refractivity contribution in [1.82, 2.24) is 19.7 Å². The van der Waals surface area contributed by atoms with Crippen molar-refractivity contribution >= 4 is 28.4 Å². The number of carbonyl (C=O) groups excluding carboxylic acids is 1. The molecule has 6 heteroatoms. The van der Waals surface area contributed by atoms with Crippen molar-refractivity contribution in [2.24, 2.45) is 0 Å². The minimum absolute atomic E-state index is 0.101. The normalized spacial score (nSPS) is 13.9. The second-order valence-electron chi connectivity index (χ2n) is 7.13. The number of benzene rings is 2. The third-order valence-electron chi connectivity index (χ3n) is 5.13. The number of Topliss-reactive ketones (excluding diaryl/α,β-unsaturated/α-hetero) is 1. The van der Waals surface area contributed by atoms with Gasteiger partial charge in [0, 0.05) is 16.9 Å². The molecule has 1 aliphatic rings. The third-order valence-corrected chi connectivity index (χ3v) is 6.07. The van der Waals surface area contributed by atoms with Gasteiger partial charge in [0.25, 0.3) is 0 Å². The Bertz CT molecular complexity index is 1160. The summed E-state index contributed by atoms with van der Waals surface area (Å²) in [5, 5.41) is 10.3. The van der Waals surface area contributed by atoms with Crippen LogP contribution < -0.4 is 0 Å². The molecule has 2 aromatic heterocycles. The van der Waals surface area contributed by atoms with E-state index in [9.17, 15) is 4.79 Å². The Morgan fingerprint density at radius 2 is 1.86 bits per heavy atom. The zero-order valence-electron chi connectivity index (χ0n) is 15.6. The predicted molar refractivity (Wildman–Crippen MR) is 112 cm³/mol. The lowest BCUT2D eigenvalue weighted by Crippen LogP contribution is -2.06. The number of rotatable bonds is 6. The molecule has 0 radical (unpaired) electrons. The van der Waals surface area contributed by atoms with Gasteiger partial charge in [-0.3, -0.25) is 4.79 Å². The summed E-state index contributed by atoms with van der Waals surface area (Å²) < 4.78 is 2.17. The van der Waals surface area contributed by atoms with Crippen LogP contribution in [-0.2, 0) is 0 Å². The minimum atomic E-state index is 0.101. The summed E-state index contributed by atoms with van der Waals surface area (Å²) in [5.41, 5.74) is 3.63. The molecular formula is C22H20N4OS. The van der Waals surface area contributed by atoms with Crippen LogP contribution in [0.5, 0.6) is 0 Å². The average molecular weight is 388 g/mol. The molecule has 0 saturated heterocycles. The van der Waals surface area contributed by atoms with Gasteiger partial charge in [-0.2, -0.15) is 0 Å². The number of thioether (sulfide) groups is 1. The fourth-order valence-electron chi connectivity index (χ4n) is 3.66. The molecule has 28 heavy (non-hydrogen) atoms. The SMILES string of the molecule is Cc1nnc(SCC(=O)c2c(-c3ccccc3)[nH]c3ccccc23)n1C1CC1. The van der Waals surface area contributed by atoms with Crippen LogP contribution in [0.4, 0.5) is 0 Å². The van der Waals surface area contributed by atoms with Crippen LogP contribution in [0.15, 0.2) is 59.8 Å². The maximum Gasteiger partial charge on any atom is 0.191 e. The third kappa shape index (κ3) is 3.03. The molecule has 0 unspecified atom stereocenters. The monoisotopic (exact) mass is 388 g/mol. The Hall–Kier alpha value is -2.86. The second-order valence-corrected chi connectivity index (χ2v) is 8.07. The number of hydrogen-bond acceptors (Lipinski definition) is 4.